The molecular weight excluding hydrogens is 328 g/mol. The van der Waals surface area contributed by atoms with Crippen molar-refractivity contribution in [3.63, 3.8) is 0 Å². The molecule has 6 nitrogen and oxygen atoms in total. The van der Waals surface area contributed by atoms with Crippen LogP contribution in [0.3, 0.4) is 0 Å². The number of anilines is 2. The lowest BCUT2D eigenvalue weighted by Gasteiger charge is -2.23. The number of hydrogen-bond donors (Lipinski definition) is 1. The molecular formula is C20H22N4O2. The third-order valence-corrected chi connectivity index (χ3v) is 4.73. The van der Waals surface area contributed by atoms with Gasteiger partial charge in [-0.25, -0.2) is 4.98 Å². The van der Waals surface area contributed by atoms with Crippen LogP contribution in [0.1, 0.15) is 19.2 Å². The number of imidazole rings is 1. The summed E-state index contributed by atoms with van der Waals surface area (Å²) in [4.78, 5) is 18.6. The molecule has 0 fully saturated rings. The van der Waals surface area contributed by atoms with Gasteiger partial charge < -0.3 is 19.5 Å². The van der Waals surface area contributed by atoms with E-state index >= 15 is 0 Å². The van der Waals surface area contributed by atoms with Crippen molar-refractivity contribution >= 4 is 28.3 Å². The van der Waals surface area contributed by atoms with E-state index in [1.165, 1.54) is 12.4 Å². The Morgan fingerprint density at radius 1 is 1.19 bits per heavy atom. The Kier molecular flexibility index (Phi) is 4.24. The molecule has 0 unspecified atom stereocenters. The van der Waals surface area contributed by atoms with Crippen molar-refractivity contribution in [2.24, 2.45) is 0 Å². The molecule has 2 heterocycles. The number of hydrogen-bond acceptors (Lipinski definition) is 4. The van der Waals surface area contributed by atoms with Gasteiger partial charge in [0.1, 0.15) is 11.6 Å². The van der Waals surface area contributed by atoms with Gasteiger partial charge in [0.05, 0.1) is 30.4 Å². The number of aromatic nitrogens is 2. The largest absolute Gasteiger partial charge is 0.495 e. The predicted octanol–water partition coefficient (Wildman–Crippen LogP) is 3.41. The molecule has 1 amide bonds. The van der Waals surface area contributed by atoms with Gasteiger partial charge in [-0.15, -0.1) is 0 Å². The summed E-state index contributed by atoms with van der Waals surface area (Å²) in [5.74, 6) is 1.62. The molecule has 0 atom stereocenters. The quantitative estimate of drug-likeness (QED) is 0.786. The molecule has 1 aliphatic rings. The van der Waals surface area contributed by atoms with E-state index in [2.05, 4.69) is 33.0 Å². The smallest absolute Gasteiger partial charge is 0.221 e. The van der Waals surface area contributed by atoms with Crippen LogP contribution >= 0.6 is 0 Å². The number of methoxy groups -OCH3 is 1. The van der Waals surface area contributed by atoms with Crippen molar-refractivity contribution in [3.8, 4) is 5.75 Å². The lowest BCUT2D eigenvalue weighted by Crippen LogP contribution is -2.23. The summed E-state index contributed by atoms with van der Waals surface area (Å²) in [6, 6.07) is 14.2. The lowest BCUT2D eigenvalue weighted by atomic mass is 10.2. The van der Waals surface area contributed by atoms with E-state index < -0.39 is 0 Å². The van der Waals surface area contributed by atoms with Gasteiger partial charge in [-0.3, -0.25) is 4.79 Å². The minimum absolute atomic E-state index is 0.113. The summed E-state index contributed by atoms with van der Waals surface area (Å²) in [5, 5.41) is 2.85. The first-order valence-corrected chi connectivity index (χ1v) is 8.80. The number of rotatable bonds is 3. The van der Waals surface area contributed by atoms with Crippen LogP contribution < -0.4 is 15.0 Å². The minimum Gasteiger partial charge on any atom is -0.495 e. The fourth-order valence-electron chi connectivity index (χ4n) is 3.57. The second-order valence-electron chi connectivity index (χ2n) is 6.51. The predicted molar refractivity (Wildman–Crippen MR) is 103 cm³/mol. The first-order valence-electron chi connectivity index (χ1n) is 8.80. The summed E-state index contributed by atoms with van der Waals surface area (Å²) in [5.41, 5.74) is 3.97. The highest BCUT2D eigenvalue weighted by Crippen LogP contribution is 2.31. The molecule has 134 valence electrons. The van der Waals surface area contributed by atoms with Crippen molar-refractivity contribution in [3.05, 3.63) is 48.3 Å². The molecule has 6 heteroatoms. The second kappa shape index (κ2) is 6.71. The van der Waals surface area contributed by atoms with E-state index in [0.29, 0.717) is 11.4 Å². The van der Waals surface area contributed by atoms with Gasteiger partial charge >= 0.3 is 0 Å². The number of amides is 1. The molecule has 0 bridgehead atoms. The molecule has 2 aromatic carbocycles. The highest BCUT2D eigenvalue weighted by Gasteiger charge is 2.19. The first kappa shape index (κ1) is 16.4. The molecule has 4 rings (SSSR count). The number of nitrogens with one attached hydrogen (secondary N) is 1. The maximum atomic E-state index is 11.5. The van der Waals surface area contributed by atoms with Gasteiger partial charge in [-0.2, -0.15) is 0 Å². The number of nitrogens with zero attached hydrogens (tertiary/aromatic N) is 3. The Morgan fingerprint density at radius 3 is 2.85 bits per heavy atom. The van der Waals surface area contributed by atoms with Gasteiger partial charge in [0.25, 0.3) is 0 Å². The van der Waals surface area contributed by atoms with Gasteiger partial charge in [0, 0.05) is 25.7 Å². The highest BCUT2D eigenvalue weighted by atomic mass is 16.5. The van der Waals surface area contributed by atoms with E-state index in [1.54, 1.807) is 7.11 Å². The molecule has 0 radical (unpaired) electrons. The van der Waals surface area contributed by atoms with E-state index in [1.807, 2.05) is 24.3 Å². The highest BCUT2D eigenvalue weighted by molar-refractivity contribution is 5.91. The fourth-order valence-corrected chi connectivity index (χ4v) is 3.57. The van der Waals surface area contributed by atoms with Crippen LogP contribution in [0.5, 0.6) is 5.75 Å². The molecule has 1 aromatic heterocycles. The van der Waals surface area contributed by atoms with Crippen LogP contribution in [0, 0.1) is 0 Å². The standard InChI is InChI=1S/C20H22N4O2/c1-14(25)21-17-12-15(8-9-19(17)26-2)23-10-5-11-24-18-7-4-3-6-16(18)22-20(24)13-23/h3-4,6-9,12H,5,10-11,13H2,1-2H3,(H,21,25). The molecule has 1 aliphatic heterocycles. The van der Waals surface area contributed by atoms with Crippen LogP contribution in [0.15, 0.2) is 42.5 Å². The number of para-hydroxylation sites is 2. The van der Waals surface area contributed by atoms with E-state index in [0.717, 1.165) is 43.1 Å². The Morgan fingerprint density at radius 2 is 2.04 bits per heavy atom. The van der Waals surface area contributed by atoms with Crippen molar-refractivity contribution in [1.82, 2.24) is 9.55 Å². The Bertz CT molecular complexity index is 964. The third-order valence-electron chi connectivity index (χ3n) is 4.73. The Labute approximate surface area is 152 Å². The molecule has 0 spiro atoms. The van der Waals surface area contributed by atoms with Crippen LogP contribution in [-0.2, 0) is 17.9 Å². The normalized spacial score (nSPS) is 14.0. The Hall–Kier alpha value is -3.02. The van der Waals surface area contributed by atoms with Crippen molar-refractivity contribution in [2.45, 2.75) is 26.4 Å². The zero-order valence-electron chi connectivity index (χ0n) is 15.0. The SMILES string of the molecule is COc1ccc(N2CCCn3c(nc4ccccc43)C2)cc1NC(C)=O. The van der Waals surface area contributed by atoms with Crippen molar-refractivity contribution < 1.29 is 9.53 Å². The van der Waals surface area contributed by atoms with Crippen LogP contribution in [0.25, 0.3) is 11.0 Å². The van der Waals surface area contributed by atoms with E-state index in [9.17, 15) is 4.79 Å². The van der Waals surface area contributed by atoms with Crippen LogP contribution in [-0.4, -0.2) is 29.1 Å². The Balaban J connectivity index is 1.69. The van der Waals surface area contributed by atoms with Gasteiger partial charge in [-0.1, -0.05) is 12.1 Å². The zero-order valence-corrected chi connectivity index (χ0v) is 15.0. The average molecular weight is 350 g/mol. The molecule has 0 aliphatic carbocycles. The first-order chi connectivity index (χ1) is 12.7. The maximum absolute atomic E-state index is 11.5. The minimum atomic E-state index is -0.113. The summed E-state index contributed by atoms with van der Waals surface area (Å²) in [6.07, 6.45) is 1.04. The number of fused-ring (bicyclic) bond motifs is 3. The van der Waals surface area contributed by atoms with Gasteiger partial charge in [0.2, 0.25) is 5.91 Å². The van der Waals surface area contributed by atoms with Gasteiger partial charge in [-0.05, 0) is 36.8 Å². The summed E-state index contributed by atoms with van der Waals surface area (Å²) < 4.78 is 7.67. The molecule has 26 heavy (non-hydrogen) atoms. The van der Waals surface area contributed by atoms with Crippen molar-refractivity contribution in [1.29, 1.82) is 0 Å². The molecule has 3 aromatic rings. The number of carbonyl (C=O) groups is 1. The summed E-state index contributed by atoms with van der Waals surface area (Å²) in [6.45, 7) is 4.13. The number of ether oxygens (including phenoxy) is 1. The average Bonchev–Trinajstić information content (AvgIpc) is 2.84. The number of benzene rings is 2. The lowest BCUT2D eigenvalue weighted by molar-refractivity contribution is -0.114. The monoisotopic (exact) mass is 350 g/mol. The molecule has 1 N–H and O–H groups in total. The third kappa shape index (κ3) is 2.98. The number of carbonyl (C=O) groups excluding carboxylic acids is 1. The number of aryl methyl sites for hydroxylation is 1. The van der Waals surface area contributed by atoms with Crippen LogP contribution in [0.2, 0.25) is 0 Å². The van der Waals surface area contributed by atoms with E-state index in [4.69, 9.17) is 9.72 Å². The topological polar surface area (TPSA) is 59.4 Å². The fraction of sp³-hybridized carbons (Fsp3) is 0.300. The maximum Gasteiger partial charge on any atom is 0.221 e. The molecule has 0 saturated carbocycles. The van der Waals surface area contributed by atoms with Crippen LogP contribution in [0.4, 0.5) is 11.4 Å². The van der Waals surface area contributed by atoms with Gasteiger partial charge in [0.15, 0.2) is 0 Å². The van der Waals surface area contributed by atoms with Crippen molar-refractivity contribution in [2.75, 3.05) is 23.9 Å². The van der Waals surface area contributed by atoms with E-state index in [-0.39, 0.29) is 5.91 Å². The second-order valence-corrected chi connectivity index (χ2v) is 6.51. The summed E-state index contributed by atoms with van der Waals surface area (Å²) >= 11 is 0. The summed E-state index contributed by atoms with van der Waals surface area (Å²) in [7, 11) is 1.61. The zero-order chi connectivity index (χ0) is 18.1. The molecule has 0 saturated heterocycles.